The van der Waals surface area contributed by atoms with E-state index in [-0.39, 0.29) is 5.04 Å². The molecule has 3 nitrogen and oxygen atoms in total. The molecule has 0 unspecified atom stereocenters. The van der Waals surface area contributed by atoms with Gasteiger partial charge in [0.2, 0.25) is 0 Å². The first-order valence-electron chi connectivity index (χ1n) is 11.7. The minimum absolute atomic E-state index is 0.0957. The van der Waals surface area contributed by atoms with E-state index < -0.39 is 8.32 Å². The second kappa shape index (κ2) is 9.78. The number of ether oxygens (including phenoxy) is 1. The zero-order valence-electron chi connectivity index (χ0n) is 20.6. The van der Waals surface area contributed by atoms with E-state index in [9.17, 15) is 0 Å². The lowest BCUT2D eigenvalue weighted by atomic mass is 10.2. The smallest absolute Gasteiger partial charge is 0.319 e. The van der Waals surface area contributed by atoms with Crippen LogP contribution in [0.4, 0.5) is 11.4 Å². The molecule has 0 amide bonds. The van der Waals surface area contributed by atoms with Gasteiger partial charge in [-0.2, -0.15) is 0 Å². The number of nitrogens with one attached hydrogen (secondary N) is 1. The van der Waals surface area contributed by atoms with Crippen LogP contribution in [-0.2, 0) is 0 Å². The largest absolute Gasteiger partial charge is 0.534 e. The molecule has 0 heterocycles. The van der Waals surface area contributed by atoms with Gasteiger partial charge in [-0.05, 0) is 58.2 Å². The Morgan fingerprint density at radius 1 is 0.676 bits per heavy atom. The number of benzene rings is 4. The van der Waals surface area contributed by atoms with Gasteiger partial charge < -0.3 is 14.5 Å². The van der Waals surface area contributed by atoms with E-state index in [4.69, 9.17) is 9.16 Å². The minimum Gasteiger partial charge on any atom is -0.534 e. The molecular weight excluding hydrogens is 434 g/mol. The van der Waals surface area contributed by atoms with Gasteiger partial charge in [0.15, 0.2) is 0 Å². The van der Waals surface area contributed by atoms with E-state index in [0.29, 0.717) is 0 Å². The lowest BCUT2D eigenvalue weighted by Crippen LogP contribution is -2.68. The van der Waals surface area contributed by atoms with Crippen molar-refractivity contribution in [3.63, 3.8) is 0 Å². The van der Waals surface area contributed by atoms with Gasteiger partial charge in [-0.15, -0.1) is 0 Å². The maximum absolute atomic E-state index is 7.26. The number of hydrogen-bond acceptors (Lipinski definition) is 3. The van der Waals surface area contributed by atoms with Crippen LogP contribution in [0.15, 0.2) is 103 Å². The molecule has 0 fully saturated rings. The highest BCUT2D eigenvalue weighted by Gasteiger charge is 2.52. The van der Waals surface area contributed by atoms with E-state index in [1.807, 2.05) is 24.3 Å². The van der Waals surface area contributed by atoms with Gasteiger partial charge in [-0.1, -0.05) is 87.5 Å². The summed E-state index contributed by atoms with van der Waals surface area (Å²) in [7, 11) is -1.02. The van der Waals surface area contributed by atoms with Crippen molar-refractivity contribution in [2.24, 2.45) is 0 Å². The van der Waals surface area contributed by atoms with Crippen LogP contribution < -0.4 is 24.9 Å². The summed E-state index contributed by atoms with van der Waals surface area (Å²) in [6.07, 6.45) is 0. The normalized spacial score (nSPS) is 11.7. The fourth-order valence-electron chi connectivity index (χ4n) is 4.44. The molecule has 0 spiro atoms. The SMILES string of the molecule is COc1ccc(Nc2ccc(C)c(O[Si](c3ccccc3)(c3ccccc3)C(C)(C)C)c2)cc1. The summed E-state index contributed by atoms with van der Waals surface area (Å²) < 4.78 is 12.5. The fraction of sp³-hybridized carbons (Fsp3) is 0.200. The topological polar surface area (TPSA) is 30.5 Å². The predicted octanol–water partition coefficient (Wildman–Crippen LogP) is 6.69. The molecule has 4 aromatic rings. The van der Waals surface area contributed by atoms with E-state index in [1.165, 1.54) is 10.4 Å². The van der Waals surface area contributed by atoms with Gasteiger partial charge in [-0.25, -0.2) is 0 Å². The summed E-state index contributed by atoms with van der Waals surface area (Å²) in [5.74, 6) is 1.75. The maximum atomic E-state index is 7.26. The van der Waals surface area contributed by atoms with Crippen LogP contribution >= 0.6 is 0 Å². The molecule has 34 heavy (non-hydrogen) atoms. The van der Waals surface area contributed by atoms with Gasteiger partial charge in [0.1, 0.15) is 11.5 Å². The predicted molar refractivity (Wildman–Crippen MR) is 146 cm³/mol. The van der Waals surface area contributed by atoms with Crippen molar-refractivity contribution in [3.8, 4) is 11.5 Å². The molecule has 0 aliphatic rings. The molecule has 0 aliphatic carbocycles. The highest BCUT2D eigenvalue weighted by Crippen LogP contribution is 2.39. The Balaban J connectivity index is 1.79. The van der Waals surface area contributed by atoms with Crippen LogP contribution in [0.1, 0.15) is 26.3 Å². The number of hydrogen-bond donors (Lipinski definition) is 1. The zero-order chi connectivity index (χ0) is 24.2. The number of rotatable bonds is 7. The number of methoxy groups -OCH3 is 1. The second-order valence-corrected chi connectivity index (χ2v) is 13.8. The van der Waals surface area contributed by atoms with Crippen molar-refractivity contribution in [3.05, 3.63) is 109 Å². The maximum Gasteiger partial charge on any atom is 0.319 e. The molecule has 0 saturated heterocycles. The van der Waals surface area contributed by atoms with Crippen LogP contribution in [-0.4, -0.2) is 15.4 Å². The van der Waals surface area contributed by atoms with Gasteiger partial charge in [-0.3, -0.25) is 0 Å². The van der Waals surface area contributed by atoms with Crippen LogP contribution in [0.25, 0.3) is 0 Å². The van der Waals surface area contributed by atoms with Gasteiger partial charge in [0.25, 0.3) is 0 Å². The molecule has 174 valence electrons. The van der Waals surface area contributed by atoms with Gasteiger partial charge >= 0.3 is 8.32 Å². The third-order valence-electron chi connectivity index (χ3n) is 6.25. The average molecular weight is 468 g/mol. The first-order valence-corrected chi connectivity index (χ1v) is 13.6. The van der Waals surface area contributed by atoms with Crippen molar-refractivity contribution in [2.45, 2.75) is 32.7 Å². The molecule has 4 heteroatoms. The lowest BCUT2D eigenvalue weighted by molar-refractivity contribution is 0.415. The van der Waals surface area contributed by atoms with Crippen molar-refractivity contribution < 1.29 is 9.16 Å². The van der Waals surface area contributed by atoms with Gasteiger partial charge in [0, 0.05) is 17.4 Å². The first-order chi connectivity index (χ1) is 16.3. The van der Waals surface area contributed by atoms with Crippen molar-refractivity contribution in [1.82, 2.24) is 0 Å². The minimum atomic E-state index is -2.69. The van der Waals surface area contributed by atoms with Crippen LogP contribution in [0.5, 0.6) is 11.5 Å². The van der Waals surface area contributed by atoms with Crippen LogP contribution in [0, 0.1) is 6.92 Å². The third kappa shape index (κ3) is 4.73. The molecule has 0 atom stereocenters. The lowest BCUT2D eigenvalue weighted by Gasteiger charge is -2.43. The first kappa shape index (κ1) is 23.6. The fourth-order valence-corrected chi connectivity index (χ4v) is 8.92. The van der Waals surface area contributed by atoms with Crippen molar-refractivity contribution in [2.75, 3.05) is 12.4 Å². The van der Waals surface area contributed by atoms with Crippen molar-refractivity contribution >= 4 is 30.1 Å². The van der Waals surface area contributed by atoms with E-state index >= 15 is 0 Å². The van der Waals surface area contributed by atoms with Gasteiger partial charge in [0.05, 0.1) is 7.11 Å². The summed E-state index contributed by atoms with van der Waals surface area (Å²) in [5.41, 5.74) is 3.11. The Hall–Kier alpha value is -3.50. The standard InChI is InChI=1S/C30H33NO2Si/c1-23-16-17-25(31-24-18-20-26(32-5)21-19-24)22-29(23)33-34(30(2,3)4,27-12-8-6-9-13-27)28-14-10-7-11-15-28/h6-22,31H,1-5H3. The zero-order valence-corrected chi connectivity index (χ0v) is 21.6. The Morgan fingerprint density at radius 2 is 1.21 bits per heavy atom. The summed E-state index contributed by atoms with van der Waals surface area (Å²) in [5, 5.41) is 5.94. The molecule has 4 rings (SSSR count). The molecule has 4 aromatic carbocycles. The average Bonchev–Trinajstić information content (AvgIpc) is 2.85. The van der Waals surface area contributed by atoms with E-state index in [0.717, 1.165) is 28.4 Å². The molecule has 1 N–H and O–H groups in total. The summed E-state index contributed by atoms with van der Waals surface area (Å²) >= 11 is 0. The summed E-state index contributed by atoms with van der Waals surface area (Å²) in [6, 6.07) is 35.8. The number of anilines is 2. The van der Waals surface area contributed by atoms with E-state index in [1.54, 1.807) is 7.11 Å². The monoisotopic (exact) mass is 467 g/mol. The molecular formula is C30H33NO2Si. The highest BCUT2D eigenvalue weighted by atomic mass is 28.4. The van der Waals surface area contributed by atoms with Crippen molar-refractivity contribution in [1.29, 1.82) is 0 Å². The Bertz CT molecular complexity index is 1180. The molecule has 0 radical (unpaired) electrons. The second-order valence-electron chi connectivity index (χ2n) is 9.60. The Morgan fingerprint density at radius 3 is 1.71 bits per heavy atom. The summed E-state index contributed by atoms with van der Waals surface area (Å²) in [4.78, 5) is 0. The van der Waals surface area contributed by atoms with Crippen LogP contribution in [0.3, 0.4) is 0 Å². The molecule has 0 saturated carbocycles. The van der Waals surface area contributed by atoms with Crippen LogP contribution in [0.2, 0.25) is 5.04 Å². The Kier molecular flexibility index (Phi) is 6.80. The summed E-state index contributed by atoms with van der Waals surface area (Å²) in [6.45, 7) is 9.01. The molecule has 0 bridgehead atoms. The quantitative estimate of drug-likeness (QED) is 0.307. The highest BCUT2D eigenvalue weighted by molar-refractivity contribution is 7.00. The molecule has 0 aliphatic heterocycles. The van der Waals surface area contributed by atoms with E-state index in [2.05, 4.69) is 112 Å². The third-order valence-corrected chi connectivity index (χ3v) is 11.2. The number of aryl methyl sites for hydroxylation is 1. The molecule has 0 aromatic heterocycles. The Labute approximate surface area is 204 Å².